The molecule has 0 fully saturated rings. The van der Waals surface area contributed by atoms with Gasteiger partial charge in [-0.25, -0.2) is 13.6 Å². The van der Waals surface area contributed by atoms with Crippen molar-refractivity contribution in [3.05, 3.63) is 39.2 Å². The molecule has 1 aromatic carbocycles. The van der Waals surface area contributed by atoms with Crippen LogP contribution in [0.4, 0.5) is 14.5 Å². The van der Waals surface area contributed by atoms with E-state index in [9.17, 15) is 13.6 Å². The highest BCUT2D eigenvalue weighted by Crippen LogP contribution is 2.40. The van der Waals surface area contributed by atoms with E-state index in [0.717, 1.165) is 23.5 Å². The summed E-state index contributed by atoms with van der Waals surface area (Å²) in [5.41, 5.74) is 6.06. The van der Waals surface area contributed by atoms with Crippen molar-refractivity contribution in [3.63, 3.8) is 0 Å². The molecule has 0 atom stereocenters. The maximum atomic E-state index is 13.8. The van der Waals surface area contributed by atoms with Crippen molar-refractivity contribution in [2.24, 2.45) is 0 Å². The van der Waals surface area contributed by atoms with Crippen LogP contribution in [0, 0.1) is 18.6 Å². The third-order valence-corrected chi connectivity index (χ3v) is 4.26. The van der Waals surface area contributed by atoms with Crippen molar-refractivity contribution < 1.29 is 18.7 Å². The number of carbonyl (C=O) groups is 1. The summed E-state index contributed by atoms with van der Waals surface area (Å²) in [5, 5.41) is 8.63. The number of nitrogen functional groups attached to an aromatic ring is 1. The van der Waals surface area contributed by atoms with Crippen LogP contribution in [0.25, 0.3) is 10.4 Å². The molecule has 1 aromatic heterocycles. The Morgan fingerprint density at radius 3 is 2.53 bits per heavy atom. The number of thiophene rings is 1. The van der Waals surface area contributed by atoms with Gasteiger partial charge in [-0.05, 0) is 24.6 Å². The van der Waals surface area contributed by atoms with E-state index in [2.05, 4.69) is 0 Å². The molecule has 0 amide bonds. The van der Waals surface area contributed by atoms with E-state index in [1.165, 1.54) is 0 Å². The van der Waals surface area contributed by atoms with Crippen molar-refractivity contribution in [1.29, 1.82) is 0 Å². The molecule has 3 nitrogen and oxygen atoms in total. The molecule has 0 aliphatic heterocycles. The van der Waals surface area contributed by atoms with Crippen LogP contribution in [-0.4, -0.2) is 11.1 Å². The Kier molecular flexibility index (Phi) is 3.47. The Morgan fingerprint density at radius 2 is 2.00 bits per heavy atom. The van der Waals surface area contributed by atoms with Gasteiger partial charge < -0.3 is 10.8 Å². The molecule has 19 heavy (non-hydrogen) atoms. The summed E-state index contributed by atoms with van der Waals surface area (Å²) < 4.78 is 27.2. The summed E-state index contributed by atoms with van der Waals surface area (Å²) in [7, 11) is 0. The van der Waals surface area contributed by atoms with Crippen LogP contribution in [0.3, 0.4) is 0 Å². The Balaban J connectivity index is 2.69. The predicted octanol–water partition coefficient (Wildman–Crippen LogP) is 3.94. The maximum Gasteiger partial charge on any atom is 0.348 e. The first kappa shape index (κ1) is 13.8. The lowest BCUT2D eigenvalue weighted by molar-refractivity contribution is 0.0703. The molecule has 0 saturated carbocycles. The zero-order valence-corrected chi connectivity index (χ0v) is 11.2. The summed E-state index contributed by atoms with van der Waals surface area (Å²) in [6.45, 7) is 1.56. The van der Waals surface area contributed by atoms with Crippen LogP contribution in [-0.2, 0) is 0 Å². The Labute approximate surface area is 116 Å². The van der Waals surface area contributed by atoms with Crippen LogP contribution < -0.4 is 5.73 Å². The monoisotopic (exact) mass is 303 g/mol. The quantitative estimate of drug-likeness (QED) is 0.826. The standard InChI is InChI=1S/C12H8ClF2NO2S/c1-4-9(16)11(12(17)18)19-10(4)5-2-8(15)6(13)3-7(5)14/h2-3H,16H2,1H3,(H,17,18). The van der Waals surface area contributed by atoms with Crippen LogP contribution >= 0.6 is 22.9 Å². The smallest absolute Gasteiger partial charge is 0.348 e. The van der Waals surface area contributed by atoms with Crippen LogP contribution in [0.2, 0.25) is 5.02 Å². The van der Waals surface area contributed by atoms with E-state index in [1.807, 2.05) is 0 Å². The predicted molar refractivity (Wildman–Crippen MR) is 70.8 cm³/mol. The van der Waals surface area contributed by atoms with E-state index in [-0.39, 0.29) is 26.0 Å². The zero-order chi connectivity index (χ0) is 14.3. The van der Waals surface area contributed by atoms with E-state index in [0.29, 0.717) is 5.56 Å². The lowest BCUT2D eigenvalue weighted by atomic mass is 10.1. The third-order valence-electron chi connectivity index (χ3n) is 2.64. The number of carboxylic acid groups (broad SMARTS) is 1. The number of benzene rings is 1. The topological polar surface area (TPSA) is 63.3 Å². The molecule has 0 radical (unpaired) electrons. The van der Waals surface area contributed by atoms with Gasteiger partial charge in [0.1, 0.15) is 16.5 Å². The van der Waals surface area contributed by atoms with Crippen LogP contribution in [0.1, 0.15) is 15.2 Å². The molecule has 7 heteroatoms. The van der Waals surface area contributed by atoms with Gasteiger partial charge in [0.2, 0.25) is 0 Å². The maximum absolute atomic E-state index is 13.8. The van der Waals surface area contributed by atoms with Gasteiger partial charge in [0.05, 0.1) is 10.7 Å². The summed E-state index contributed by atoms with van der Waals surface area (Å²) >= 11 is 6.27. The number of anilines is 1. The van der Waals surface area contributed by atoms with Crippen molar-refractivity contribution in [2.45, 2.75) is 6.92 Å². The largest absolute Gasteiger partial charge is 0.477 e. The number of hydrogen-bond donors (Lipinski definition) is 2. The van der Waals surface area contributed by atoms with Gasteiger partial charge in [0.25, 0.3) is 0 Å². The minimum Gasteiger partial charge on any atom is -0.477 e. The zero-order valence-electron chi connectivity index (χ0n) is 9.63. The average molecular weight is 304 g/mol. The fourth-order valence-electron chi connectivity index (χ4n) is 1.64. The van der Waals surface area contributed by atoms with Crippen molar-refractivity contribution in [3.8, 4) is 10.4 Å². The molecule has 0 saturated heterocycles. The normalized spacial score (nSPS) is 10.7. The second kappa shape index (κ2) is 4.79. The second-order valence-electron chi connectivity index (χ2n) is 3.85. The molecular formula is C12H8ClF2NO2S. The SMILES string of the molecule is Cc1c(-c2cc(F)c(Cl)cc2F)sc(C(=O)O)c1N. The van der Waals surface area contributed by atoms with E-state index < -0.39 is 17.6 Å². The fourth-order valence-corrected chi connectivity index (χ4v) is 2.87. The highest BCUT2D eigenvalue weighted by molar-refractivity contribution is 7.18. The fraction of sp³-hybridized carbons (Fsp3) is 0.0833. The van der Waals surface area contributed by atoms with Crippen molar-refractivity contribution in [1.82, 2.24) is 0 Å². The van der Waals surface area contributed by atoms with E-state index >= 15 is 0 Å². The molecule has 100 valence electrons. The summed E-state index contributed by atoms with van der Waals surface area (Å²) in [6.07, 6.45) is 0. The first-order chi connectivity index (χ1) is 8.82. The minimum absolute atomic E-state index is 0.0522. The molecule has 0 bridgehead atoms. The lowest BCUT2D eigenvalue weighted by Gasteiger charge is -2.04. The lowest BCUT2D eigenvalue weighted by Crippen LogP contribution is -1.97. The van der Waals surface area contributed by atoms with Gasteiger partial charge in [-0.15, -0.1) is 11.3 Å². The highest BCUT2D eigenvalue weighted by Gasteiger charge is 2.21. The van der Waals surface area contributed by atoms with Crippen LogP contribution in [0.15, 0.2) is 12.1 Å². The van der Waals surface area contributed by atoms with Gasteiger partial charge in [-0.1, -0.05) is 11.6 Å². The number of aromatic carboxylic acids is 1. The summed E-state index contributed by atoms with van der Waals surface area (Å²) in [6, 6.07) is 1.78. The molecule has 2 aromatic rings. The Morgan fingerprint density at radius 1 is 1.37 bits per heavy atom. The third kappa shape index (κ3) is 2.29. The van der Waals surface area contributed by atoms with Gasteiger partial charge in [-0.2, -0.15) is 0 Å². The van der Waals surface area contributed by atoms with Gasteiger partial charge in [-0.3, -0.25) is 0 Å². The van der Waals surface area contributed by atoms with E-state index in [1.54, 1.807) is 6.92 Å². The molecule has 0 aliphatic rings. The Bertz CT molecular complexity index is 685. The second-order valence-corrected chi connectivity index (χ2v) is 5.28. The molecule has 3 N–H and O–H groups in total. The number of halogens is 3. The van der Waals surface area contributed by atoms with Crippen molar-refractivity contribution >= 4 is 34.6 Å². The van der Waals surface area contributed by atoms with Crippen LogP contribution in [0.5, 0.6) is 0 Å². The van der Waals surface area contributed by atoms with Crippen molar-refractivity contribution in [2.75, 3.05) is 5.73 Å². The number of nitrogens with two attached hydrogens (primary N) is 1. The number of rotatable bonds is 2. The Hall–Kier alpha value is -1.66. The first-order valence-electron chi connectivity index (χ1n) is 5.10. The summed E-state index contributed by atoms with van der Waals surface area (Å²) in [5.74, 6) is -2.71. The molecule has 0 spiro atoms. The van der Waals surface area contributed by atoms with E-state index in [4.69, 9.17) is 22.4 Å². The highest BCUT2D eigenvalue weighted by atomic mass is 35.5. The molecule has 2 rings (SSSR count). The molecular weight excluding hydrogens is 296 g/mol. The minimum atomic E-state index is -1.20. The average Bonchev–Trinajstić information content (AvgIpc) is 2.62. The number of hydrogen-bond acceptors (Lipinski definition) is 3. The molecule has 0 aliphatic carbocycles. The first-order valence-corrected chi connectivity index (χ1v) is 6.29. The van der Waals surface area contributed by atoms with Gasteiger partial charge in [0.15, 0.2) is 0 Å². The number of carboxylic acids is 1. The van der Waals surface area contributed by atoms with Gasteiger partial charge in [0, 0.05) is 10.4 Å². The molecule has 1 heterocycles. The van der Waals surface area contributed by atoms with Gasteiger partial charge >= 0.3 is 5.97 Å². The summed E-state index contributed by atoms with van der Waals surface area (Å²) in [4.78, 5) is 11.2. The molecule has 0 unspecified atom stereocenters.